The van der Waals surface area contributed by atoms with Gasteiger partial charge in [-0.05, 0) is 37.0 Å². The van der Waals surface area contributed by atoms with Crippen molar-refractivity contribution in [1.82, 2.24) is 0 Å². The summed E-state index contributed by atoms with van der Waals surface area (Å²) < 4.78 is 38.4. The van der Waals surface area contributed by atoms with Crippen molar-refractivity contribution in [1.29, 1.82) is 0 Å². The van der Waals surface area contributed by atoms with Crippen LogP contribution in [-0.2, 0) is 0 Å². The molecule has 0 spiro atoms. The SMILES string of the molecule is CC(C)(C)[C@@H]1CCC[C@@](N)(C(F)(F)F)CC1. The quantitative estimate of drug-likeness (QED) is 0.636. The molecule has 2 atom stereocenters. The third-order valence-electron chi connectivity index (χ3n) is 3.90. The van der Waals surface area contributed by atoms with Crippen molar-refractivity contribution in [2.75, 3.05) is 0 Å². The Kier molecular flexibility index (Phi) is 3.63. The van der Waals surface area contributed by atoms with Crippen molar-refractivity contribution >= 4 is 0 Å². The minimum atomic E-state index is -4.26. The lowest BCUT2D eigenvalue weighted by molar-refractivity contribution is -0.189. The Bertz CT molecular complexity index is 242. The van der Waals surface area contributed by atoms with E-state index in [1.165, 1.54) is 0 Å². The minimum absolute atomic E-state index is 0.0679. The first-order chi connectivity index (χ1) is 7.06. The predicted molar refractivity (Wildman–Crippen MR) is 59.0 cm³/mol. The molecule has 1 rings (SSSR count). The first-order valence-corrected chi connectivity index (χ1v) is 5.92. The summed E-state index contributed by atoms with van der Waals surface area (Å²) >= 11 is 0. The third-order valence-corrected chi connectivity index (χ3v) is 3.90. The molecule has 0 amide bonds. The van der Waals surface area contributed by atoms with Crippen molar-refractivity contribution in [3.05, 3.63) is 0 Å². The third kappa shape index (κ3) is 2.90. The van der Waals surface area contributed by atoms with Crippen molar-refractivity contribution in [3.8, 4) is 0 Å². The lowest BCUT2D eigenvalue weighted by Crippen LogP contribution is -2.53. The van der Waals surface area contributed by atoms with E-state index in [0.29, 0.717) is 18.8 Å². The molecule has 1 saturated carbocycles. The van der Waals surface area contributed by atoms with Crippen molar-refractivity contribution < 1.29 is 13.2 Å². The normalized spacial score (nSPS) is 33.6. The van der Waals surface area contributed by atoms with Crippen LogP contribution in [0.4, 0.5) is 13.2 Å². The molecule has 1 aliphatic carbocycles. The number of nitrogens with two attached hydrogens (primary N) is 1. The highest BCUT2D eigenvalue weighted by Gasteiger charge is 2.52. The molecule has 0 aliphatic heterocycles. The number of alkyl halides is 3. The van der Waals surface area contributed by atoms with E-state index in [1.807, 2.05) is 0 Å². The van der Waals surface area contributed by atoms with Crippen LogP contribution >= 0.6 is 0 Å². The molecule has 1 nitrogen and oxygen atoms in total. The molecule has 4 heteroatoms. The van der Waals surface area contributed by atoms with Gasteiger partial charge in [0.1, 0.15) is 5.54 Å². The molecule has 96 valence electrons. The van der Waals surface area contributed by atoms with Gasteiger partial charge >= 0.3 is 6.18 Å². The molecular formula is C12H22F3N. The summed E-state index contributed by atoms with van der Waals surface area (Å²) in [7, 11) is 0. The van der Waals surface area contributed by atoms with Crippen molar-refractivity contribution in [2.45, 2.75) is 64.6 Å². The molecule has 16 heavy (non-hydrogen) atoms. The zero-order chi connectivity index (χ0) is 12.6. The van der Waals surface area contributed by atoms with Crippen LogP contribution in [0.3, 0.4) is 0 Å². The molecule has 0 bridgehead atoms. The Hall–Kier alpha value is -0.250. The summed E-state index contributed by atoms with van der Waals surface area (Å²) in [5.74, 6) is 0.347. The summed E-state index contributed by atoms with van der Waals surface area (Å²) in [6.07, 6.45) is -2.10. The van der Waals surface area contributed by atoms with Gasteiger partial charge in [-0.25, -0.2) is 0 Å². The monoisotopic (exact) mass is 237 g/mol. The number of hydrogen-bond donors (Lipinski definition) is 1. The molecule has 0 aromatic carbocycles. The van der Waals surface area contributed by atoms with E-state index in [1.54, 1.807) is 0 Å². The highest BCUT2D eigenvalue weighted by molar-refractivity contribution is 4.95. The Morgan fingerprint density at radius 2 is 1.62 bits per heavy atom. The van der Waals surface area contributed by atoms with Gasteiger partial charge in [-0.1, -0.05) is 27.2 Å². The maximum Gasteiger partial charge on any atom is 0.406 e. The zero-order valence-corrected chi connectivity index (χ0v) is 10.3. The summed E-state index contributed by atoms with van der Waals surface area (Å²) in [4.78, 5) is 0. The fourth-order valence-corrected chi connectivity index (χ4v) is 2.51. The zero-order valence-electron chi connectivity index (χ0n) is 10.3. The lowest BCUT2D eigenvalue weighted by Gasteiger charge is -2.32. The van der Waals surface area contributed by atoms with Gasteiger partial charge < -0.3 is 5.73 Å². The smallest absolute Gasteiger partial charge is 0.318 e. The van der Waals surface area contributed by atoms with E-state index in [9.17, 15) is 13.2 Å². The number of rotatable bonds is 0. The summed E-state index contributed by atoms with van der Waals surface area (Å²) in [5, 5.41) is 0. The van der Waals surface area contributed by atoms with E-state index in [2.05, 4.69) is 20.8 Å². The number of halogens is 3. The average molecular weight is 237 g/mol. The molecule has 0 radical (unpaired) electrons. The molecule has 1 aliphatic rings. The van der Waals surface area contributed by atoms with Gasteiger partial charge in [0.05, 0.1) is 0 Å². The molecule has 1 fully saturated rings. The van der Waals surface area contributed by atoms with Crippen LogP contribution in [0, 0.1) is 11.3 Å². The van der Waals surface area contributed by atoms with Gasteiger partial charge in [-0.15, -0.1) is 0 Å². The molecular weight excluding hydrogens is 215 g/mol. The standard InChI is InChI=1S/C12H22F3N/c1-10(2,3)9-5-4-7-11(16,8-6-9)12(13,14)15/h9H,4-8,16H2,1-3H3/t9-,11+/m1/s1. The first kappa shape index (κ1) is 13.8. The summed E-state index contributed by atoms with van der Waals surface area (Å²) in [6, 6.07) is 0. The van der Waals surface area contributed by atoms with Crippen LogP contribution in [0.5, 0.6) is 0 Å². The average Bonchev–Trinajstić information content (AvgIpc) is 2.25. The molecule has 0 saturated heterocycles. The maximum atomic E-state index is 12.8. The summed E-state index contributed by atoms with van der Waals surface area (Å²) in [5.41, 5.74) is 3.65. The first-order valence-electron chi connectivity index (χ1n) is 5.92. The van der Waals surface area contributed by atoms with Crippen molar-refractivity contribution in [3.63, 3.8) is 0 Å². The van der Waals surface area contributed by atoms with Gasteiger partial charge in [-0.2, -0.15) is 13.2 Å². The highest BCUT2D eigenvalue weighted by Crippen LogP contribution is 2.44. The van der Waals surface area contributed by atoms with Gasteiger partial charge in [-0.3, -0.25) is 0 Å². The van der Waals surface area contributed by atoms with E-state index in [-0.39, 0.29) is 18.3 Å². The predicted octanol–water partition coefficient (Wildman–Crippen LogP) is 3.87. The molecule has 0 heterocycles. The Balaban J connectivity index is 2.73. The van der Waals surface area contributed by atoms with Gasteiger partial charge in [0.2, 0.25) is 0 Å². The Morgan fingerprint density at radius 3 is 2.06 bits per heavy atom. The van der Waals surface area contributed by atoms with Gasteiger partial charge in [0, 0.05) is 0 Å². The maximum absolute atomic E-state index is 12.8. The molecule has 0 unspecified atom stereocenters. The van der Waals surface area contributed by atoms with Crippen LogP contribution in [0.15, 0.2) is 0 Å². The van der Waals surface area contributed by atoms with Crippen LogP contribution in [0.1, 0.15) is 52.9 Å². The van der Waals surface area contributed by atoms with E-state index in [4.69, 9.17) is 5.73 Å². The van der Waals surface area contributed by atoms with Crippen LogP contribution < -0.4 is 5.73 Å². The molecule has 0 aromatic rings. The van der Waals surface area contributed by atoms with E-state index >= 15 is 0 Å². The largest absolute Gasteiger partial charge is 0.406 e. The van der Waals surface area contributed by atoms with Crippen LogP contribution in [0.25, 0.3) is 0 Å². The topological polar surface area (TPSA) is 26.0 Å². The fourth-order valence-electron chi connectivity index (χ4n) is 2.51. The van der Waals surface area contributed by atoms with Crippen molar-refractivity contribution in [2.24, 2.45) is 17.1 Å². The fraction of sp³-hybridized carbons (Fsp3) is 1.00. The van der Waals surface area contributed by atoms with E-state index < -0.39 is 11.7 Å². The molecule has 2 N–H and O–H groups in total. The highest BCUT2D eigenvalue weighted by atomic mass is 19.4. The van der Waals surface area contributed by atoms with Gasteiger partial charge in [0.15, 0.2) is 0 Å². The minimum Gasteiger partial charge on any atom is -0.318 e. The second kappa shape index (κ2) is 4.21. The van der Waals surface area contributed by atoms with E-state index in [0.717, 1.165) is 6.42 Å². The Labute approximate surface area is 95.6 Å². The lowest BCUT2D eigenvalue weighted by atomic mass is 9.76. The number of hydrogen-bond acceptors (Lipinski definition) is 1. The van der Waals surface area contributed by atoms with Crippen LogP contribution in [0.2, 0.25) is 0 Å². The second-order valence-electron chi connectivity index (χ2n) is 6.15. The van der Waals surface area contributed by atoms with Gasteiger partial charge in [0.25, 0.3) is 0 Å². The Morgan fingerprint density at radius 1 is 1.06 bits per heavy atom. The van der Waals surface area contributed by atoms with Crippen LogP contribution in [-0.4, -0.2) is 11.7 Å². The summed E-state index contributed by atoms with van der Waals surface area (Å²) in [6.45, 7) is 6.28. The molecule has 0 aromatic heterocycles. The second-order valence-corrected chi connectivity index (χ2v) is 6.15.